The lowest BCUT2D eigenvalue weighted by molar-refractivity contribution is -0.122. The third kappa shape index (κ3) is 3.28. The van der Waals surface area contributed by atoms with Crippen molar-refractivity contribution in [3.63, 3.8) is 0 Å². The van der Waals surface area contributed by atoms with Gasteiger partial charge in [-0.25, -0.2) is 23.5 Å². The highest BCUT2D eigenvalue weighted by Gasteiger charge is 2.34. The number of anilines is 1. The Balaban J connectivity index is 1.40. The molecule has 2 N–H and O–H groups in total. The number of nitrogens with zero attached hydrogens (tertiary/aromatic N) is 3. The molecule has 2 aliphatic rings. The molecule has 0 radical (unpaired) electrons. The van der Waals surface area contributed by atoms with E-state index in [0.717, 1.165) is 22.3 Å². The number of aromatic nitrogens is 2. The van der Waals surface area contributed by atoms with Crippen molar-refractivity contribution in [2.75, 3.05) is 11.4 Å². The molecule has 0 fully saturated rings. The molecule has 0 unspecified atom stereocenters. The summed E-state index contributed by atoms with van der Waals surface area (Å²) in [6.07, 6.45) is 5.45. The van der Waals surface area contributed by atoms with Crippen molar-refractivity contribution >= 4 is 21.6 Å². The van der Waals surface area contributed by atoms with Crippen molar-refractivity contribution in [2.45, 2.75) is 24.2 Å². The topological polar surface area (TPSA) is 106 Å². The minimum atomic E-state index is -3.82. The SMILES string of the molecule is NS(=O)(=O)c1ccc2c(c1)N(C(=O)[C@@H]1Cc3ccc(-c4ncccn4)cc3C1)CC2. The third-order valence-electron chi connectivity index (χ3n) is 5.86. The predicted octanol–water partition coefficient (Wildman–Crippen LogP) is 2.10. The largest absolute Gasteiger partial charge is 0.312 e. The van der Waals surface area contributed by atoms with Crippen LogP contribution in [0.5, 0.6) is 0 Å². The highest BCUT2D eigenvalue weighted by molar-refractivity contribution is 7.89. The Kier molecular flexibility index (Phi) is 4.41. The number of carbonyl (C=O) groups excluding carboxylic acids is 1. The van der Waals surface area contributed by atoms with Crippen molar-refractivity contribution < 1.29 is 13.2 Å². The number of nitrogens with two attached hydrogens (primary N) is 1. The summed E-state index contributed by atoms with van der Waals surface area (Å²) in [4.78, 5) is 23.7. The number of carbonyl (C=O) groups is 1. The summed E-state index contributed by atoms with van der Waals surface area (Å²) in [6.45, 7) is 0.554. The number of amides is 1. The van der Waals surface area contributed by atoms with E-state index in [-0.39, 0.29) is 16.7 Å². The van der Waals surface area contributed by atoms with Gasteiger partial charge in [0.2, 0.25) is 15.9 Å². The third-order valence-corrected chi connectivity index (χ3v) is 6.77. The molecule has 2 heterocycles. The Morgan fingerprint density at radius 3 is 2.50 bits per heavy atom. The maximum Gasteiger partial charge on any atom is 0.238 e. The van der Waals surface area contributed by atoms with E-state index >= 15 is 0 Å². The predicted molar refractivity (Wildman–Crippen MR) is 112 cm³/mol. The molecule has 0 saturated heterocycles. The average molecular weight is 420 g/mol. The van der Waals surface area contributed by atoms with Crippen molar-refractivity contribution in [3.05, 3.63) is 71.5 Å². The van der Waals surface area contributed by atoms with Gasteiger partial charge in [-0.05, 0) is 60.2 Å². The molecular weight excluding hydrogens is 400 g/mol. The van der Waals surface area contributed by atoms with Crippen LogP contribution in [-0.2, 0) is 34.1 Å². The maximum absolute atomic E-state index is 13.3. The number of hydrogen-bond acceptors (Lipinski definition) is 5. The minimum Gasteiger partial charge on any atom is -0.312 e. The normalized spacial score (nSPS) is 17.6. The van der Waals surface area contributed by atoms with E-state index in [0.29, 0.717) is 37.3 Å². The van der Waals surface area contributed by atoms with Gasteiger partial charge >= 0.3 is 0 Å². The second-order valence-corrected chi connectivity index (χ2v) is 9.30. The van der Waals surface area contributed by atoms with E-state index in [2.05, 4.69) is 16.0 Å². The van der Waals surface area contributed by atoms with Crippen molar-refractivity contribution in [3.8, 4) is 11.4 Å². The van der Waals surface area contributed by atoms with Crippen LogP contribution in [0.1, 0.15) is 16.7 Å². The van der Waals surface area contributed by atoms with Crippen molar-refractivity contribution in [1.29, 1.82) is 0 Å². The van der Waals surface area contributed by atoms with Gasteiger partial charge in [-0.1, -0.05) is 18.2 Å². The zero-order valence-electron chi connectivity index (χ0n) is 16.2. The first kappa shape index (κ1) is 18.9. The van der Waals surface area contributed by atoms with Gasteiger partial charge < -0.3 is 4.90 Å². The summed E-state index contributed by atoms with van der Waals surface area (Å²) in [7, 11) is -3.82. The van der Waals surface area contributed by atoms with Gasteiger partial charge in [-0.2, -0.15) is 0 Å². The molecule has 8 heteroatoms. The van der Waals surface area contributed by atoms with Crippen LogP contribution in [-0.4, -0.2) is 30.8 Å². The zero-order valence-corrected chi connectivity index (χ0v) is 17.0. The maximum atomic E-state index is 13.3. The lowest BCUT2D eigenvalue weighted by Crippen LogP contribution is -2.35. The van der Waals surface area contributed by atoms with Gasteiger partial charge in [0.05, 0.1) is 4.90 Å². The first-order valence-corrected chi connectivity index (χ1v) is 11.3. The van der Waals surface area contributed by atoms with Crippen LogP contribution in [0.15, 0.2) is 59.8 Å². The summed E-state index contributed by atoms with van der Waals surface area (Å²) in [5.74, 6) is 0.518. The van der Waals surface area contributed by atoms with E-state index in [9.17, 15) is 13.2 Å². The summed E-state index contributed by atoms with van der Waals surface area (Å²) < 4.78 is 23.5. The average Bonchev–Trinajstić information content (AvgIpc) is 3.36. The molecule has 0 saturated carbocycles. The molecule has 7 nitrogen and oxygen atoms in total. The van der Waals surface area contributed by atoms with Gasteiger partial charge in [0.15, 0.2) is 5.82 Å². The second-order valence-electron chi connectivity index (χ2n) is 7.74. The summed E-state index contributed by atoms with van der Waals surface area (Å²) in [6, 6.07) is 12.6. The number of primary sulfonamides is 1. The molecular formula is C22H20N4O3S. The first-order chi connectivity index (χ1) is 14.4. The van der Waals surface area contributed by atoms with Crippen molar-refractivity contribution in [2.24, 2.45) is 11.1 Å². The Labute approximate surface area is 174 Å². The molecule has 1 atom stereocenters. The zero-order chi connectivity index (χ0) is 20.9. The van der Waals surface area contributed by atoms with Crippen LogP contribution in [0.4, 0.5) is 5.69 Å². The van der Waals surface area contributed by atoms with Crippen molar-refractivity contribution in [1.82, 2.24) is 9.97 Å². The number of sulfonamides is 1. The fraction of sp³-hybridized carbons (Fsp3) is 0.227. The van der Waals surface area contributed by atoms with Crippen LogP contribution < -0.4 is 10.0 Å². The van der Waals surface area contributed by atoms with Crippen LogP contribution in [0.2, 0.25) is 0 Å². The van der Waals surface area contributed by atoms with E-state index in [1.165, 1.54) is 12.1 Å². The fourth-order valence-corrected chi connectivity index (χ4v) is 4.90. The van der Waals surface area contributed by atoms with Gasteiger partial charge in [0, 0.05) is 36.1 Å². The Hall–Kier alpha value is -3.10. The summed E-state index contributed by atoms with van der Waals surface area (Å²) in [5, 5.41) is 5.27. The number of hydrogen-bond donors (Lipinski definition) is 1. The van der Waals surface area contributed by atoms with Crippen LogP contribution in [0.25, 0.3) is 11.4 Å². The molecule has 1 aromatic heterocycles. The molecule has 5 rings (SSSR count). The fourth-order valence-electron chi connectivity index (χ4n) is 4.37. The highest BCUT2D eigenvalue weighted by Crippen LogP contribution is 2.35. The lowest BCUT2D eigenvalue weighted by Gasteiger charge is -2.21. The van der Waals surface area contributed by atoms with E-state index in [4.69, 9.17) is 5.14 Å². The standard InChI is InChI=1S/C22H20N4O3S/c23-30(28,29)19-5-4-14-6-9-26(20(14)13-19)22(27)18-10-15-2-3-16(11-17(15)12-18)21-24-7-1-8-25-21/h1-5,7-8,11,13,18H,6,9-10,12H2,(H2,23,28,29)/t18-/m1/s1. The highest BCUT2D eigenvalue weighted by atomic mass is 32.2. The number of rotatable bonds is 3. The molecule has 0 bridgehead atoms. The van der Waals surface area contributed by atoms with Crippen LogP contribution in [0, 0.1) is 5.92 Å². The van der Waals surface area contributed by atoms with Crippen LogP contribution in [0.3, 0.4) is 0 Å². The smallest absolute Gasteiger partial charge is 0.238 e. The van der Waals surface area contributed by atoms with Gasteiger partial charge in [-0.15, -0.1) is 0 Å². The molecule has 2 aromatic carbocycles. The molecule has 1 aliphatic heterocycles. The van der Waals surface area contributed by atoms with E-state index < -0.39 is 10.0 Å². The molecule has 152 valence electrons. The van der Waals surface area contributed by atoms with Gasteiger partial charge in [0.25, 0.3) is 0 Å². The first-order valence-electron chi connectivity index (χ1n) is 9.76. The Morgan fingerprint density at radius 1 is 1.00 bits per heavy atom. The van der Waals surface area contributed by atoms with Crippen LogP contribution >= 0.6 is 0 Å². The molecule has 0 spiro atoms. The molecule has 30 heavy (non-hydrogen) atoms. The monoisotopic (exact) mass is 420 g/mol. The summed E-state index contributed by atoms with van der Waals surface area (Å²) >= 11 is 0. The van der Waals surface area contributed by atoms with E-state index in [1.807, 2.05) is 12.1 Å². The minimum absolute atomic E-state index is 0.0223. The molecule has 1 aliphatic carbocycles. The number of benzene rings is 2. The second kappa shape index (κ2) is 7.00. The quantitative estimate of drug-likeness (QED) is 0.698. The van der Waals surface area contributed by atoms with Gasteiger partial charge in [-0.3, -0.25) is 4.79 Å². The number of fused-ring (bicyclic) bond motifs is 2. The summed E-state index contributed by atoms with van der Waals surface area (Å²) in [5.41, 5.74) is 4.85. The Bertz CT molecular complexity index is 1260. The van der Waals surface area contributed by atoms with E-state index in [1.54, 1.807) is 29.4 Å². The lowest BCUT2D eigenvalue weighted by atomic mass is 10.0. The molecule has 1 amide bonds. The van der Waals surface area contributed by atoms with Gasteiger partial charge in [0.1, 0.15) is 0 Å². The Morgan fingerprint density at radius 2 is 1.73 bits per heavy atom. The molecule has 3 aromatic rings.